The topological polar surface area (TPSA) is 64.3 Å². The lowest BCUT2D eigenvalue weighted by Gasteiger charge is -2.09. The predicted molar refractivity (Wildman–Crippen MR) is 75.8 cm³/mol. The fourth-order valence-corrected chi connectivity index (χ4v) is 2.44. The van der Waals surface area contributed by atoms with E-state index in [0.717, 1.165) is 0 Å². The number of amides is 1. The summed E-state index contributed by atoms with van der Waals surface area (Å²) in [7, 11) is 3.16. The van der Waals surface area contributed by atoms with Gasteiger partial charge in [-0.2, -0.15) is 5.26 Å². The Morgan fingerprint density at radius 3 is 2.28 bits per heavy atom. The molecule has 0 saturated heterocycles. The molecule has 1 aromatic carbocycles. The summed E-state index contributed by atoms with van der Waals surface area (Å²) in [6, 6.07) is 5.11. The van der Waals surface area contributed by atoms with Gasteiger partial charge in [0.15, 0.2) is 0 Å². The molecule has 1 amide bonds. The van der Waals surface area contributed by atoms with Crippen molar-refractivity contribution in [3.05, 3.63) is 32.2 Å². The second-order valence-electron chi connectivity index (χ2n) is 3.70. The van der Waals surface area contributed by atoms with E-state index in [2.05, 4.69) is 31.9 Å². The van der Waals surface area contributed by atoms with Gasteiger partial charge in [-0.15, -0.1) is 0 Å². The number of carbonyl (C=O) groups excluding carboxylic acids is 1. The molecular weight excluding hydrogens is 364 g/mol. The fraction of sp³-hybridized carbons (Fsp3) is 0.167. The van der Waals surface area contributed by atoms with Gasteiger partial charge in [0.05, 0.1) is 8.95 Å². The van der Waals surface area contributed by atoms with Crippen LogP contribution in [-0.2, 0) is 4.79 Å². The van der Waals surface area contributed by atoms with Crippen LogP contribution in [0.1, 0.15) is 5.56 Å². The Morgan fingerprint density at radius 2 is 1.89 bits per heavy atom. The highest BCUT2D eigenvalue weighted by atomic mass is 79.9. The van der Waals surface area contributed by atoms with Gasteiger partial charge in [0.2, 0.25) is 0 Å². The van der Waals surface area contributed by atoms with E-state index in [4.69, 9.17) is 5.26 Å². The van der Waals surface area contributed by atoms with E-state index >= 15 is 0 Å². The number of aromatic hydroxyl groups is 1. The molecule has 0 saturated carbocycles. The number of carbonyl (C=O) groups is 1. The van der Waals surface area contributed by atoms with Gasteiger partial charge in [0.1, 0.15) is 17.4 Å². The van der Waals surface area contributed by atoms with Crippen LogP contribution in [-0.4, -0.2) is 30.0 Å². The van der Waals surface area contributed by atoms with Gasteiger partial charge in [-0.05, 0) is 55.6 Å². The molecule has 0 atom stereocenters. The second kappa shape index (κ2) is 6.03. The molecule has 0 aliphatic rings. The van der Waals surface area contributed by atoms with Crippen LogP contribution in [0.4, 0.5) is 0 Å². The zero-order valence-corrected chi connectivity index (χ0v) is 12.9. The van der Waals surface area contributed by atoms with E-state index < -0.39 is 0 Å². The molecule has 94 valence electrons. The van der Waals surface area contributed by atoms with Gasteiger partial charge >= 0.3 is 0 Å². The highest BCUT2D eigenvalue weighted by Crippen LogP contribution is 2.33. The maximum atomic E-state index is 11.7. The van der Waals surface area contributed by atoms with Crippen molar-refractivity contribution < 1.29 is 9.90 Å². The monoisotopic (exact) mass is 372 g/mol. The van der Waals surface area contributed by atoms with Gasteiger partial charge < -0.3 is 10.0 Å². The number of likely N-dealkylation sites (N-methyl/N-ethyl adjacent to an activating group) is 1. The van der Waals surface area contributed by atoms with Crippen molar-refractivity contribution in [2.75, 3.05) is 14.1 Å². The molecule has 0 heterocycles. The third-order valence-electron chi connectivity index (χ3n) is 2.11. The molecule has 0 spiro atoms. The fourth-order valence-electron chi connectivity index (χ4n) is 1.22. The van der Waals surface area contributed by atoms with E-state index in [1.165, 1.54) is 11.0 Å². The zero-order valence-electron chi connectivity index (χ0n) is 9.74. The minimum absolute atomic E-state index is 0.0319. The smallest absolute Gasteiger partial charge is 0.264 e. The van der Waals surface area contributed by atoms with Crippen molar-refractivity contribution in [3.63, 3.8) is 0 Å². The van der Waals surface area contributed by atoms with Crippen LogP contribution in [0.3, 0.4) is 0 Å². The van der Waals surface area contributed by atoms with E-state index in [1.54, 1.807) is 26.2 Å². The number of nitrogens with zero attached hydrogens (tertiary/aromatic N) is 2. The first kappa shape index (κ1) is 14.7. The third kappa shape index (κ3) is 3.34. The summed E-state index contributed by atoms with van der Waals surface area (Å²) in [5.41, 5.74) is 0.669. The molecule has 1 rings (SSSR count). The zero-order chi connectivity index (χ0) is 13.9. The van der Waals surface area contributed by atoms with Crippen LogP contribution in [0.25, 0.3) is 6.08 Å². The quantitative estimate of drug-likeness (QED) is 0.640. The summed E-state index contributed by atoms with van der Waals surface area (Å²) in [5.74, 6) is -0.289. The lowest BCUT2D eigenvalue weighted by atomic mass is 10.1. The van der Waals surface area contributed by atoms with E-state index in [0.29, 0.717) is 14.5 Å². The van der Waals surface area contributed by atoms with Crippen molar-refractivity contribution in [1.82, 2.24) is 4.90 Å². The predicted octanol–water partition coefficient (Wildman–Crippen LogP) is 2.91. The van der Waals surface area contributed by atoms with Crippen LogP contribution in [0, 0.1) is 11.3 Å². The minimum Gasteiger partial charge on any atom is -0.506 e. The van der Waals surface area contributed by atoms with Crippen LogP contribution in [0.2, 0.25) is 0 Å². The van der Waals surface area contributed by atoms with Crippen LogP contribution in [0.15, 0.2) is 26.7 Å². The normalized spacial score (nSPS) is 10.9. The molecule has 1 aromatic rings. The number of rotatable bonds is 2. The van der Waals surface area contributed by atoms with Gasteiger partial charge in [-0.1, -0.05) is 0 Å². The SMILES string of the molecule is CN(C)C(=O)/C(C#N)=C\c1cc(Br)c(O)c(Br)c1. The standard InChI is InChI=1S/C12H10Br2N2O2/c1-16(2)12(18)8(6-15)3-7-4-9(13)11(17)10(14)5-7/h3-5,17H,1-2H3/b8-3-. The number of hydrogen-bond acceptors (Lipinski definition) is 3. The molecular formula is C12H10Br2N2O2. The Kier molecular flexibility index (Phi) is 4.93. The number of nitriles is 1. The van der Waals surface area contributed by atoms with Gasteiger partial charge in [0, 0.05) is 14.1 Å². The Morgan fingerprint density at radius 1 is 1.39 bits per heavy atom. The van der Waals surface area contributed by atoms with Gasteiger partial charge in [-0.25, -0.2) is 0 Å². The molecule has 0 radical (unpaired) electrons. The summed E-state index contributed by atoms with van der Waals surface area (Å²) < 4.78 is 0.968. The van der Waals surface area contributed by atoms with Crippen LogP contribution >= 0.6 is 31.9 Å². The molecule has 1 N–H and O–H groups in total. The highest BCUT2D eigenvalue weighted by molar-refractivity contribution is 9.11. The van der Waals surface area contributed by atoms with Crippen LogP contribution in [0.5, 0.6) is 5.75 Å². The third-order valence-corrected chi connectivity index (χ3v) is 3.32. The molecule has 0 aliphatic heterocycles. The minimum atomic E-state index is -0.363. The number of phenols is 1. The maximum absolute atomic E-state index is 11.7. The lowest BCUT2D eigenvalue weighted by Crippen LogP contribution is -2.22. The number of benzene rings is 1. The van der Waals surface area contributed by atoms with E-state index in [1.807, 2.05) is 6.07 Å². The van der Waals surface area contributed by atoms with Crippen LogP contribution < -0.4 is 0 Å². The van der Waals surface area contributed by atoms with Gasteiger partial charge in [-0.3, -0.25) is 4.79 Å². The molecule has 0 bridgehead atoms. The summed E-state index contributed by atoms with van der Waals surface area (Å²) in [5, 5.41) is 18.5. The molecule has 0 aliphatic carbocycles. The Labute approximate surface area is 122 Å². The van der Waals surface area contributed by atoms with Crippen molar-refractivity contribution in [2.45, 2.75) is 0 Å². The van der Waals surface area contributed by atoms with Crippen molar-refractivity contribution in [1.29, 1.82) is 5.26 Å². The number of hydrogen-bond donors (Lipinski definition) is 1. The van der Waals surface area contributed by atoms with Gasteiger partial charge in [0.25, 0.3) is 5.91 Å². The average Bonchev–Trinajstić information content (AvgIpc) is 2.31. The first-order chi connectivity index (χ1) is 8.36. The Balaban J connectivity index is 3.24. The Bertz CT molecular complexity index is 537. The molecule has 0 aromatic heterocycles. The molecule has 0 unspecified atom stereocenters. The molecule has 4 nitrogen and oxygen atoms in total. The van der Waals surface area contributed by atoms with E-state index in [9.17, 15) is 9.90 Å². The number of halogens is 2. The Hall–Kier alpha value is -1.32. The van der Waals surface area contributed by atoms with Crippen molar-refractivity contribution >= 4 is 43.8 Å². The van der Waals surface area contributed by atoms with E-state index in [-0.39, 0.29) is 17.2 Å². The lowest BCUT2D eigenvalue weighted by molar-refractivity contribution is -0.124. The maximum Gasteiger partial charge on any atom is 0.264 e. The first-order valence-electron chi connectivity index (χ1n) is 4.88. The highest BCUT2D eigenvalue weighted by Gasteiger charge is 2.12. The summed E-state index contributed by atoms with van der Waals surface area (Å²) in [4.78, 5) is 13.0. The first-order valence-corrected chi connectivity index (χ1v) is 6.47. The largest absolute Gasteiger partial charge is 0.506 e. The molecule has 18 heavy (non-hydrogen) atoms. The molecule has 6 heteroatoms. The molecule has 0 fully saturated rings. The average molecular weight is 374 g/mol. The summed E-state index contributed by atoms with van der Waals surface area (Å²) >= 11 is 6.37. The number of phenolic OH excluding ortho intramolecular Hbond substituents is 1. The summed E-state index contributed by atoms with van der Waals surface area (Å²) in [6.07, 6.45) is 1.47. The second-order valence-corrected chi connectivity index (χ2v) is 5.41. The summed E-state index contributed by atoms with van der Waals surface area (Å²) in [6.45, 7) is 0. The van der Waals surface area contributed by atoms with Crippen molar-refractivity contribution in [2.24, 2.45) is 0 Å². The van der Waals surface area contributed by atoms with Crippen molar-refractivity contribution in [3.8, 4) is 11.8 Å².